The minimum atomic E-state index is 0.836. The van der Waals surface area contributed by atoms with Gasteiger partial charge in [-0.15, -0.1) is 0 Å². The Balaban J connectivity index is 4.02. The zero-order valence-corrected chi connectivity index (χ0v) is 9.02. The Morgan fingerprint density at radius 1 is 0.818 bits per heavy atom. The Kier molecular flexibility index (Phi) is 4.79. The molecule has 68 valence electrons. The van der Waals surface area contributed by atoms with Crippen LogP contribution < -0.4 is 0 Å². The molecule has 0 aromatic rings. The van der Waals surface area contributed by atoms with Gasteiger partial charge in [-0.3, -0.25) is 0 Å². The van der Waals surface area contributed by atoms with Gasteiger partial charge in [0.05, 0.1) is 0 Å². The maximum absolute atomic E-state index is 2.39. The Hall–Kier alpha value is 0. The monoisotopic (exact) mass is 156 g/mol. The smallest absolute Gasteiger partial charge is 0.0365 e. The maximum Gasteiger partial charge on any atom is -0.0365 e. The lowest BCUT2D eigenvalue weighted by Gasteiger charge is -2.29. The van der Waals surface area contributed by atoms with Gasteiger partial charge in [0.1, 0.15) is 0 Å². The Morgan fingerprint density at radius 2 is 1.27 bits per heavy atom. The van der Waals surface area contributed by atoms with Gasteiger partial charge in [0, 0.05) is 0 Å². The zero-order chi connectivity index (χ0) is 9.02. The van der Waals surface area contributed by atoms with E-state index in [-0.39, 0.29) is 0 Å². The first-order valence-corrected chi connectivity index (χ1v) is 5.00. The Morgan fingerprint density at radius 3 is 1.36 bits per heavy atom. The van der Waals surface area contributed by atoms with E-state index in [4.69, 9.17) is 0 Å². The van der Waals surface area contributed by atoms with Crippen LogP contribution in [0.3, 0.4) is 0 Å². The van der Waals surface area contributed by atoms with Crippen LogP contribution in [-0.2, 0) is 0 Å². The van der Waals surface area contributed by atoms with Crippen LogP contribution in [0.25, 0.3) is 0 Å². The van der Waals surface area contributed by atoms with Gasteiger partial charge >= 0.3 is 0 Å². The standard InChI is InChI=1S/C11H24/c1-7-11(9(4)5)10(6)8(2)3/h8-11H,7H2,1-6H3. The summed E-state index contributed by atoms with van der Waals surface area (Å²) < 4.78 is 0. The van der Waals surface area contributed by atoms with Crippen LogP contribution in [0.2, 0.25) is 0 Å². The number of rotatable bonds is 4. The van der Waals surface area contributed by atoms with E-state index in [1.165, 1.54) is 6.42 Å². The highest BCUT2D eigenvalue weighted by atomic mass is 14.3. The molecule has 0 saturated heterocycles. The predicted molar refractivity (Wildman–Crippen MR) is 52.6 cm³/mol. The quantitative estimate of drug-likeness (QED) is 0.578. The zero-order valence-electron chi connectivity index (χ0n) is 9.02. The van der Waals surface area contributed by atoms with E-state index in [9.17, 15) is 0 Å². The lowest BCUT2D eigenvalue weighted by molar-refractivity contribution is 0.208. The lowest BCUT2D eigenvalue weighted by atomic mass is 9.77. The molecular formula is C11H24. The van der Waals surface area contributed by atoms with Crippen molar-refractivity contribution in [2.45, 2.75) is 48.0 Å². The van der Waals surface area contributed by atoms with Crippen LogP contribution in [0, 0.1) is 23.7 Å². The Bertz CT molecular complexity index is 92.2. The summed E-state index contributed by atoms with van der Waals surface area (Å²) in [5.74, 6) is 3.47. The first kappa shape index (κ1) is 11.0. The van der Waals surface area contributed by atoms with Gasteiger partial charge in [-0.1, -0.05) is 48.0 Å². The van der Waals surface area contributed by atoms with Crippen LogP contribution >= 0.6 is 0 Å². The van der Waals surface area contributed by atoms with Crippen LogP contribution in [0.5, 0.6) is 0 Å². The fourth-order valence-corrected chi connectivity index (χ4v) is 1.94. The van der Waals surface area contributed by atoms with E-state index in [0.29, 0.717) is 0 Å². The predicted octanol–water partition coefficient (Wildman–Crippen LogP) is 3.96. The molecular weight excluding hydrogens is 132 g/mol. The molecule has 0 radical (unpaired) electrons. The van der Waals surface area contributed by atoms with Crippen molar-refractivity contribution in [3.63, 3.8) is 0 Å². The van der Waals surface area contributed by atoms with Gasteiger partial charge in [-0.25, -0.2) is 0 Å². The van der Waals surface area contributed by atoms with Crippen molar-refractivity contribution in [1.29, 1.82) is 0 Å². The van der Waals surface area contributed by atoms with Gasteiger partial charge in [0.15, 0.2) is 0 Å². The van der Waals surface area contributed by atoms with Crippen molar-refractivity contribution < 1.29 is 0 Å². The minimum Gasteiger partial charge on any atom is -0.0651 e. The normalized spacial score (nSPS) is 17.5. The molecule has 0 spiro atoms. The third-order valence-electron chi connectivity index (χ3n) is 3.05. The second kappa shape index (κ2) is 4.79. The summed E-state index contributed by atoms with van der Waals surface area (Å²) >= 11 is 0. The van der Waals surface area contributed by atoms with E-state index in [0.717, 1.165) is 23.7 Å². The van der Waals surface area contributed by atoms with E-state index < -0.39 is 0 Å². The third-order valence-corrected chi connectivity index (χ3v) is 3.05. The first-order valence-electron chi connectivity index (χ1n) is 5.00. The fourth-order valence-electron chi connectivity index (χ4n) is 1.94. The molecule has 0 fully saturated rings. The Labute approximate surface area is 72.4 Å². The number of hydrogen-bond donors (Lipinski definition) is 0. The molecule has 0 saturated carbocycles. The van der Waals surface area contributed by atoms with Crippen LogP contribution in [0.4, 0.5) is 0 Å². The molecule has 0 aliphatic carbocycles. The highest BCUT2D eigenvalue weighted by Gasteiger charge is 2.20. The second-order valence-corrected chi connectivity index (χ2v) is 4.42. The topological polar surface area (TPSA) is 0 Å². The van der Waals surface area contributed by atoms with Gasteiger partial charge < -0.3 is 0 Å². The summed E-state index contributed by atoms with van der Waals surface area (Å²) in [4.78, 5) is 0. The molecule has 0 rings (SSSR count). The molecule has 0 aliphatic rings. The molecule has 0 aromatic carbocycles. The summed E-state index contributed by atoms with van der Waals surface area (Å²) in [6.45, 7) is 14.0. The van der Waals surface area contributed by atoms with Crippen LogP contribution in [0.1, 0.15) is 48.0 Å². The minimum absolute atomic E-state index is 0.836. The fraction of sp³-hybridized carbons (Fsp3) is 1.00. The highest BCUT2D eigenvalue weighted by Crippen LogP contribution is 2.29. The van der Waals surface area contributed by atoms with Crippen molar-refractivity contribution in [3.8, 4) is 0 Å². The molecule has 2 atom stereocenters. The van der Waals surface area contributed by atoms with Crippen LogP contribution in [-0.4, -0.2) is 0 Å². The molecule has 0 nitrogen and oxygen atoms in total. The average Bonchev–Trinajstić information content (AvgIpc) is 1.88. The summed E-state index contributed by atoms with van der Waals surface area (Å²) in [6.07, 6.45) is 1.33. The number of hydrogen-bond acceptors (Lipinski definition) is 0. The van der Waals surface area contributed by atoms with Crippen molar-refractivity contribution in [2.24, 2.45) is 23.7 Å². The molecule has 11 heavy (non-hydrogen) atoms. The highest BCUT2D eigenvalue weighted by molar-refractivity contribution is 4.70. The molecule has 0 aromatic heterocycles. The molecule has 0 amide bonds. The van der Waals surface area contributed by atoms with E-state index in [1.54, 1.807) is 0 Å². The SMILES string of the molecule is CCC(C(C)C)C(C)C(C)C. The van der Waals surface area contributed by atoms with E-state index in [2.05, 4.69) is 41.5 Å². The van der Waals surface area contributed by atoms with E-state index in [1.807, 2.05) is 0 Å². The second-order valence-electron chi connectivity index (χ2n) is 4.42. The van der Waals surface area contributed by atoms with Crippen LogP contribution in [0.15, 0.2) is 0 Å². The lowest BCUT2D eigenvalue weighted by Crippen LogP contribution is -2.21. The summed E-state index contributed by atoms with van der Waals surface area (Å²) in [5, 5.41) is 0. The summed E-state index contributed by atoms with van der Waals surface area (Å²) in [5.41, 5.74) is 0. The summed E-state index contributed by atoms with van der Waals surface area (Å²) in [6, 6.07) is 0. The molecule has 0 heteroatoms. The molecule has 0 aliphatic heterocycles. The molecule has 0 bridgehead atoms. The molecule has 0 N–H and O–H groups in total. The van der Waals surface area contributed by atoms with Gasteiger partial charge in [-0.05, 0) is 23.7 Å². The van der Waals surface area contributed by atoms with Gasteiger partial charge in [0.2, 0.25) is 0 Å². The molecule has 0 heterocycles. The van der Waals surface area contributed by atoms with E-state index >= 15 is 0 Å². The largest absolute Gasteiger partial charge is 0.0651 e. The van der Waals surface area contributed by atoms with Gasteiger partial charge in [-0.2, -0.15) is 0 Å². The van der Waals surface area contributed by atoms with Gasteiger partial charge in [0.25, 0.3) is 0 Å². The third kappa shape index (κ3) is 3.27. The van der Waals surface area contributed by atoms with Crippen molar-refractivity contribution in [2.75, 3.05) is 0 Å². The average molecular weight is 156 g/mol. The summed E-state index contributed by atoms with van der Waals surface area (Å²) in [7, 11) is 0. The van der Waals surface area contributed by atoms with Crippen molar-refractivity contribution >= 4 is 0 Å². The first-order chi connectivity index (χ1) is 5.00. The van der Waals surface area contributed by atoms with Crippen molar-refractivity contribution in [3.05, 3.63) is 0 Å². The molecule has 2 unspecified atom stereocenters. The maximum atomic E-state index is 2.39. The van der Waals surface area contributed by atoms with Crippen molar-refractivity contribution in [1.82, 2.24) is 0 Å².